The van der Waals surface area contributed by atoms with Gasteiger partial charge in [0.05, 0.1) is 12.1 Å². The highest BCUT2D eigenvalue weighted by molar-refractivity contribution is 5.88. The third-order valence-electron chi connectivity index (χ3n) is 11.2. The highest BCUT2D eigenvalue weighted by Crippen LogP contribution is 2.58. The van der Waals surface area contributed by atoms with Crippen LogP contribution in [0.2, 0.25) is 0 Å². The molecule has 7 rings (SSSR count). The fourth-order valence-electron chi connectivity index (χ4n) is 8.58. The van der Waals surface area contributed by atoms with Crippen LogP contribution in [0.4, 0.5) is 0 Å². The zero-order chi connectivity index (χ0) is 33.0. The minimum atomic E-state index is -1.08. The molecule has 1 saturated carbocycles. The van der Waals surface area contributed by atoms with Crippen molar-refractivity contribution in [2.75, 3.05) is 6.61 Å². The number of nitrogens with two attached hydrogens (primary N) is 1. The molecular weight excluding hydrogens is 592 g/mol. The van der Waals surface area contributed by atoms with Crippen LogP contribution in [0.1, 0.15) is 87.5 Å². The minimum Gasteiger partial charge on any atom is -0.481 e. The largest absolute Gasteiger partial charge is 0.481 e. The molecular formula is C39H44N2O6. The van der Waals surface area contributed by atoms with Crippen molar-refractivity contribution in [3.63, 3.8) is 0 Å². The van der Waals surface area contributed by atoms with Crippen molar-refractivity contribution < 1.29 is 23.8 Å². The van der Waals surface area contributed by atoms with Crippen molar-refractivity contribution in [3.05, 3.63) is 111 Å². The van der Waals surface area contributed by atoms with Crippen LogP contribution < -0.4 is 21.4 Å². The number of nitrogens with one attached hydrogen (secondary N) is 1. The first-order valence-electron chi connectivity index (χ1n) is 16.9. The highest BCUT2D eigenvalue weighted by Gasteiger charge is 2.64. The first kappa shape index (κ1) is 31.5. The Balaban J connectivity index is 1.40. The summed E-state index contributed by atoms with van der Waals surface area (Å²) in [4.78, 5) is 27.1. The second-order valence-corrected chi connectivity index (χ2v) is 14.0. The molecule has 1 spiro atoms. The van der Waals surface area contributed by atoms with Gasteiger partial charge in [0.1, 0.15) is 11.3 Å². The van der Waals surface area contributed by atoms with Crippen LogP contribution in [0.5, 0.6) is 5.75 Å². The zero-order valence-corrected chi connectivity index (χ0v) is 27.4. The number of aliphatic hydroxyl groups is 1. The van der Waals surface area contributed by atoms with Gasteiger partial charge in [-0.3, -0.25) is 0 Å². The number of esters is 1. The number of fused-ring (bicyclic) bond motifs is 3. The molecule has 2 aliphatic carbocycles. The molecule has 47 heavy (non-hydrogen) atoms. The van der Waals surface area contributed by atoms with Gasteiger partial charge in [-0.05, 0) is 80.5 Å². The second kappa shape index (κ2) is 11.8. The summed E-state index contributed by atoms with van der Waals surface area (Å²) in [5.74, 6) is -0.0982. The van der Waals surface area contributed by atoms with Gasteiger partial charge in [-0.1, -0.05) is 55.7 Å². The molecule has 3 aromatic rings. The Labute approximate surface area is 275 Å². The maximum atomic E-state index is 13.6. The molecule has 2 aliphatic heterocycles. The van der Waals surface area contributed by atoms with Gasteiger partial charge < -0.3 is 30.0 Å². The van der Waals surface area contributed by atoms with Gasteiger partial charge in [0.25, 0.3) is 0 Å². The lowest BCUT2D eigenvalue weighted by atomic mass is 9.59. The van der Waals surface area contributed by atoms with E-state index in [1.165, 1.54) is 0 Å². The van der Waals surface area contributed by atoms with E-state index < -0.39 is 11.2 Å². The molecule has 0 amide bonds. The quantitative estimate of drug-likeness (QED) is 0.171. The van der Waals surface area contributed by atoms with Crippen LogP contribution >= 0.6 is 0 Å². The van der Waals surface area contributed by atoms with Crippen molar-refractivity contribution in [2.24, 2.45) is 5.73 Å². The van der Waals surface area contributed by atoms with E-state index in [-0.39, 0.29) is 35.7 Å². The standard InChI is InChI=1S/C39H44N2O6/c1-4-24(2)35(43)47-37(3)21-25-10-6-7-11-29(25)34(26-12-13-33(40)41-23-26)39(37)22-28-18-27-19-30(36(44)45-31(27)20-32(28)46-39)38(16-17-42)14-8-5-9-15-38/h4,6-7,10-13,18-20,23,33-34,41-42H,5,8-9,14-17,21-22,40H2,1-3H3. The van der Waals surface area contributed by atoms with E-state index in [4.69, 9.17) is 19.6 Å². The molecule has 1 aromatic heterocycles. The van der Waals surface area contributed by atoms with Crippen LogP contribution in [-0.2, 0) is 27.8 Å². The second-order valence-electron chi connectivity index (χ2n) is 14.0. The first-order valence-corrected chi connectivity index (χ1v) is 16.9. The molecule has 2 aromatic carbocycles. The van der Waals surface area contributed by atoms with Crippen LogP contribution in [0, 0.1) is 0 Å². The molecule has 3 heterocycles. The Morgan fingerprint density at radius 3 is 2.64 bits per heavy atom. The first-order chi connectivity index (χ1) is 22.6. The molecule has 0 radical (unpaired) electrons. The van der Waals surface area contributed by atoms with Crippen molar-refractivity contribution in [3.8, 4) is 5.75 Å². The predicted octanol–water partition coefficient (Wildman–Crippen LogP) is 5.99. The third kappa shape index (κ3) is 5.13. The summed E-state index contributed by atoms with van der Waals surface area (Å²) in [5, 5.41) is 14.1. The lowest BCUT2D eigenvalue weighted by Crippen LogP contribution is -2.65. The fraction of sp³-hybridized carbons (Fsp3) is 0.436. The zero-order valence-electron chi connectivity index (χ0n) is 27.4. The number of carbonyl (C=O) groups is 1. The summed E-state index contributed by atoms with van der Waals surface area (Å²) in [7, 11) is 0. The van der Waals surface area contributed by atoms with E-state index in [0.29, 0.717) is 41.7 Å². The Hall–Kier alpha value is -4.14. The van der Waals surface area contributed by atoms with E-state index in [1.807, 2.05) is 56.5 Å². The van der Waals surface area contributed by atoms with Crippen molar-refractivity contribution in [1.82, 2.24) is 5.32 Å². The minimum absolute atomic E-state index is 0.0228. The van der Waals surface area contributed by atoms with Crippen molar-refractivity contribution >= 4 is 16.9 Å². The molecule has 4 unspecified atom stereocenters. The highest BCUT2D eigenvalue weighted by atomic mass is 16.6. The van der Waals surface area contributed by atoms with E-state index >= 15 is 0 Å². The van der Waals surface area contributed by atoms with Gasteiger partial charge in [-0.2, -0.15) is 0 Å². The smallest absolute Gasteiger partial charge is 0.340 e. The Morgan fingerprint density at radius 2 is 1.91 bits per heavy atom. The van der Waals surface area contributed by atoms with Crippen LogP contribution in [0.25, 0.3) is 11.0 Å². The average Bonchev–Trinajstić information content (AvgIpc) is 3.44. The molecule has 8 heteroatoms. The Bertz CT molecular complexity index is 1880. The number of rotatable bonds is 6. The van der Waals surface area contributed by atoms with E-state index in [0.717, 1.165) is 59.8 Å². The summed E-state index contributed by atoms with van der Waals surface area (Å²) < 4.78 is 19.7. The number of hydrogen-bond donors (Lipinski definition) is 3. The topological polar surface area (TPSA) is 124 Å². The van der Waals surface area contributed by atoms with Crippen molar-refractivity contribution in [2.45, 2.75) is 101 Å². The molecule has 1 fully saturated rings. The molecule has 0 bridgehead atoms. The average molecular weight is 637 g/mol. The third-order valence-corrected chi connectivity index (χ3v) is 11.2. The lowest BCUT2D eigenvalue weighted by Gasteiger charge is -2.53. The number of ether oxygens (including phenoxy) is 2. The van der Waals surface area contributed by atoms with Gasteiger partial charge in [-0.15, -0.1) is 0 Å². The number of hydrogen-bond acceptors (Lipinski definition) is 8. The SMILES string of the molecule is CC=C(C)C(=O)OC1(C)Cc2ccccc2C(C2=CNC(N)C=C2)C12Cc1cc3cc(C4(CCO)CCCCC4)c(=O)oc3cc1O2. The van der Waals surface area contributed by atoms with E-state index in [9.17, 15) is 14.7 Å². The normalized spacial score (nSPS) is 27.9. The molecule has 8 nitrogen and oxygen atoms in total. The number of benzene rings is 2. The van der Waals surface area contributed by atoms with Crippen molar-refractivity contribution in [1.29, 1.82) is 0 Å². The molecule has 246 valence electrons. The molecule has 4 aliphatic rings. The number of aliphatic hydroxyl groups excluding tert-OH is 1. The number of carbonyl (C=O) groups excluding carboxylic acids is 1. The molecule has 0 saturated heterocycles. The monoisotopic (exact) mass is 636 g/mol. The number of allylic oxidation sites excluding steroid dienone is 2. The molecule has 4 atom stereocenters. The van der Waals surface area contributed by atoms with Crippen LogP contribution in [-0.4, -0.2) is 35.1 Å². The molecule has 4 N–H and O–H groups in total. The Morgan fingerprint density at radius 1 is 1.13 bits per heavy atom. The lowest BCUT2D eigenvalue weighted by molar-refractivity contribution is -0.184. The predicted molar refractivity (Wildman–Crippen MR) is 181 cm³/mol. The van der Waals surface area contributed by atoms with Crippen LogP contribution in [0.3, 0.4) is 0 Å². The number of dihydropyridines is 1. The maximum Gasteiger partial charge on any atom is 0.340 e. The van der Waals surface area contributed by atoms with Gasteiger partial charge in [0.15, 0.2) is 11.2 Å². The summed E-state index contributed by atoms with van der Waals surface area (Å²) in [5.41, 5.74) is 9.05. The summed E-state index contributed by atoms with van der Waals surface area (Å²) >= 11 is 0. The summed E-state index contributed by atoms with van der Waals surface area (Å²) in [6.45, 7) is 5.59. The van der Waals surface area contributed by atoms with Gasteiger partial charge in [0.2, 0.25) is 0 Å². The van der Waals surface area contributed by atoms with Gasteiger partial charge >= 0.3 is 11.6 Å². The fourth-order valence-corrected chi connectivity index (χ4v) is 8.58. The van der Waals surface area contributed by atoms with Gasteiger partial charge in [0, 0.05) is 53.7 Å². The maximum absolute atomic E-state index is 13.6. The van der Waals surface area contributed by atoms with Gasteiger partial charge in [-0.25, -0.2) is 9.59 Å². The van der Waals surface area contributed by atoms with E-state index in [1.54, 1.807) is 13.0 Å². The summed E-state index contributed by atoms with van der Waals surface area (Å²) in [6.07, 6.45) is 13.7. The van der Waals surface area contributed by atoms with Crippen LogP contribution in [0.15, 0.2) is 87.3 Å². The summed E-state index contributed by atoms with van der Waals surface area (Å²) in [6, 6.07) is 14.1. The van der Waals surface area contributed by atoms with E-state index in [2.05, 4.69) is 23.5 Å². The Kier molecular flexibility index (Phi) is 7.92.